The summed E-state index contributed by atoms with van der Waals surface area (Å²) < 4.78 is 6.90. The van der Waals surface area contributed by atoms with Crippen molar-refractivity contribution in [3.05, 3.63) is 56.7 Å². The summed E-state index contributed by atoms with van der Waals surface area (Å²) in [6.45, 7) is 2.03. The van der Waals surface area contributed by atoms with Crippen molar-refractivity contribution >= 4 is 37.6 Å². The molecule has 18 heavy (non-hydrogen) atoms. The van der Waals surface area contributed by atoms with Gasteiger partial charge in [0.05, 0.1) is 15.6 Å². The van der Waals surface area contributed by atoms with Crippen LogP contribution in [0.5, 0.6) is 0 Å². The Hall–Kier alpha value is -0.870. The third-order valence-corrected chi connectivity index (χ3v) is 4.57. The van der Waals surface area contributed by atoms with Gasteiger partial charge in [-0.2, -0.15) is 0 Å². The smallest absolute Gasteiger partial charge is 0.232 e. The van der Waals surface area contributed by atoms with Gasteiger partial charge in [0.25, 0.3) is 0 Å². The Kier molecular flexibility index (Phi) is 3.16. The summed E-state index contributed by atoms with van der Waals surface area (Å²) in [6.07, 6.45) is 0. The largest absolute Gasteiger partial charge is 0.323 e. The molecule has 0 N–H and O–H groups in total. The summed E-state index contributed by atoms with van der Waals surface area (Å²) >= 11 is 7.29. The van der Waals surface area contributed by atoms with Gasteiger partial charge in [0.1, 0.15) is 12.7 Å². The SMILES string of the molecule is C[N+]1=C(c2ccccc2)c2c(Br)cc(Br)n2CC1. The van der Waals surface area contributed by atoms with Crippen LogP contribution in [-0.4, -0.2) is 28.4 Å². The number of rotatable bonds is 1. The second-order valence-electron chi connectivity index (χ2n) is 4.45. The lowest BCUT2D eigenvalue weighted by Crippen LogP contribution is -2.31. The molecule has 92 valence electrons. The van der Waals surface area contributed by atoms with Crippen LogP contribution in [0.25, 0.3) is 0 Å². The van der Waals surface area contributed by atoms with Crippen molar-refractivity contribution in [1.82, 2.24) is 4.57 Å². The Morgan fingerprint density at radius 1 is 1.17 bits per heavy atom. The lowest BCUT2D eigenvalue weighted by molar-refractivity contribution is -0.500. The molecule has 2 nitrogen and oxygen atoms in total. The van der Waals surface area contributed by atoms with E-state index in [4.69, 9.17) is 0 Å². The summed E-state index contributed by atoms with van der Waals surface area (Å²) in [4.78, 5) is 0. The monoisotopic (exact) mass is 367 g/mol. The molecule has 0 bridgehead atoms. The molecule has 0 amide bonds. The topological polar surface area (TPSA) is 7.94 Å². The second-order valence-corrected chi connectivity index (χ2v) is 6.12. The lowest BCUT2D eigenvalue weighted by Gasteiger charge is -2.17. The maximum atomic E-state index is 3.67. The third kappa shape index (κ3) is 1.88. The first-order valence-electron chi connectivity index (χ1n) is 5.87. The molecule has 3 rings (SSSR count). The average molecular weight is 369 g/mol. The third-order valence-electron chi connectivity index (χ3n) is 3.31. The molecular weight excluding hydrogens is 356 g/mol. The van der Waals surface area contributed by atoms with Crippen molar-refractivity contribution in [2.75, 3.05) is 13.6 Å². The van der Waals surface area contributed by atoms with Gasteiger partial charge in [-0.05, 0) is 50.1 Å². The summed E-state index contributed by atoms with van der Waals surface area (Å²) in [5.74, 6) is 0. The molecule has 0 aliphatic carbocycles. The van der Waals surface area contributed by atoms with Crippen molar-refractivity contribution in [2.45, 2.75) is 6.54 Å². The highest BCUT2D eigenvalue weighted by molar-refractivity contribution is 9.11. The van der Waals surface area contributed by atoms with Gasteiger partial charge < -0.3 is 4.57 Å². The van der Waals surface area contributed by atoms with Crippen LogP contribution in [0.1, 0.15) is 11.3 Å². The normalized spacial score (nSPS) is 14.8. The number of nitrogens with zero attached hydrogens (tertiary/aromatic N) is 2. The molecule has 0 unspecified atom stereocenters. The van der Waals surface area contributed by atoms with E-state index >= 15 is 0 Å². The van der Waals surface area contributed by atoms with Gasteiger partial charge in [-0.15, -0.1) is 0 Å². The maximum absolute atomic E-state index is 3.67. The van der Waals surface area contributed by atoms with Crippen LogP contribution in [0.15, 0.2) is 45.5 Å². The van der Waals surface area contributed by atoms with Crippen molar-refractivity contribution in [3.63, 3.8) is 0 Å². The van der Waals surface area contributed by atoms with Gasteiger partial charge in [-0.3, -0.25) is 0 Å². The molecular formula is C14H13Br2N2+. The summed E-state index contributed by atoms with van der Waals surface area (Å²) in [7, 11) is 2.15. The van der Waals surface area contributed by atoms with E-state index in [1.807, 2.05) is 0 Å². The van der Waals surface area contributed by atoms with Gasteiger partial charge in [-0.1, -0.05) is 18.2 Å². The van der Waals surface area contributed by atoms with E-state index in [2.05, 4.69) is 84.4 Å². The Morgan fingerprint density at radius 3 is 2.61 bits per heavy atom. The molecule has 1 aliphatic rings. The minimum absolute atomic E-state index is 1.01. The molecule has 2 heterocycles. The summed E-state index contributed by atoms with van der Waals surface area (Å²) in [6, 6.07) is 12.7. The van der Waals surface area contributed by atoms with E-state index < -0.39 is 0 Å². The predicted octanol–water partition coefficient (Wildman–Crippen LogP) is 3.51. The van der Waals surface area contributed by atoms with Gasteiger partial charge in [0.2, 0.25) is 5.71 Å². The number of benzene rings is 1. The number of hydrogen-bond donors (Lipinski definition) is 0. The molecule has 0 atom stereocenters. The first-order valence-corrected chi connectivity index (χ1v) is 7.45. The molecule has 2 aromatic rings. The van der Waals surface area contributed by atoms with Crippen molar-refractivity contribution in [1.29, 1.82) is 0 Å². The number of likely N-dealkylation sites (N-methyl/N-ethyl adjacent to an activating group) is 1. The fourth-order valence-electron chi connectivity index (χ4n) is 2.44. The molecule has 1 aliphatic heterocycles. The van der Waals surface area contributed by atoms with Gasteiger partial charge in [0, 0.05) is 5.56 Å². The highest BCUT2D eigenvalue weighted by Crippen LogP contribution is 2.29. The second kappa shape index (κ2) is 4.67. The standard InChI is InChI=1S/C14H13Br2N2/c1-17-7-8-18-12(16)9-11(15)14(18)13(17)10-5-3-2-4-6-10/h2-6,9H,7-8H2,1H3/q+1. The van der Waals surface area contributed by atoms with Crippen molar-refractivity contribution < 1.29 is 4.58 Å². The highest BCUT2D eigenvalue weighted by atomic mass is 79.9. The summed E-state index contributed by atoms with van der Waals surface area (Å²) in [5.41, 5.74) is 3.79. The van der Waals surface area contributed by atoms with Gasteiger partial charge in [-0.25, -0.2) is 4.58 Å². The quantitative estimate of drug-likeness (QED) is 0.680. The van der Waals surface area contributed by atoms with E-state index in [1.165, 1.54) is 17.0 Å². The van der Waals surface area contributed by atoms with Gasteiger partial charge in [0.15, 0.2) is 6.54 Å². The Bertz CT molecular complexity index is 627. The molecule has 0 saturated heterocycles. The van der Waals surface area contributed by atoms with E-state index in [0.717, 1.165) is 22.2 Å². The van der Waals surface area contributed by atoms with Crippen LogP contribution in [0.3, 0.4) is 0 Å². The average Bonchev–Trinajstić information content (AvgIpc) is 2.66. The minimum atomic E-state index is 1.01. The van der Waals surface area contributed by atoms with E-state index in [0.29, 0.717) is 0 Å². The van der Waals surface area contributed by atoms with Crippen molar-refractivity contribution in [2.24, 2.45) is 0 Å². The van der Waals surface area contributed by atoms with Crippen LogP contribution in [-0.2, 0) is 6.54 Å². The fourth-order valence-corrected chi connectivity index (χ4v) is 3.95. The number of aromatic nitrogens is 1. The zero-order chi connectivity index (χ0) is 12.7. The van der Waals surface area contributed by atoms with E-state index in [-0.39, 0.29) is 0 Å². The Labute approximate surface area is 123 Å². The molecule has 0 fully saturated rings. The Balaban J connectivity index is 2.26. The lowest BCUT2D eigenvalue weighted by atomic mass is 10.1. The summed E-state index contributed by atoms with van der Waals surface area (Å²) in [5, 5.41) is 0. The first kappa shape index (κ1) is 12.2. The maximum Gasteiger partial charge on any atom is 0.232 e. The molecule has 0 spiro atoms. The van der Waals surface area contributed by atoms with E-state index in [9.17, 15) is 0 Å². The number of fused-ring (bicyclic) bond motifs is 1. The fraction of sp³-hybridized carbons (Fsp3) is 0.214. The highest BCUT2D eigenvalue weighted by Gasteiger charge is 2.29. The zero-order valence-corrected chi connectivity index (χ0v) is 13.2. The first-order chi connectivity index (χ1) is 8.68. The minimum Gasteiger partial charge on any atom is -0.323 e. The van der Waals surface area contributed by atoms with E-state index in [1.54, 1.807) is 0 Å². The molecule has 1 aromatic heterocycles. The van der Waals surface area contributed by atoms with Crippen LogP contribution in [0, 0.1) is 0 Å². The van der Waals surface area contributed by atoms with Crippen LogP contribution < -0.4 is 0 Å². The molecule has 0 radical (unpaired) electrons. The van der Waals surface area contributed by atoms with Gasteiger partial charge >= 0.3 is 0 Å². The molecule has 1 aromatic carbocycles. The molecule has 4 heteroatoms. The van der Waals surface area contributed by atoms with Crippen LogP contribution in [0.2, 0.25) is 0 Å². The van der Waals surface area contributed by atoms with Crippen LogP contribution >= 0.6 is 31.9 Å². The van der Waals surface area contributed by atoms with Crippen LogP contribution in [0.4, 0.5) is 0 Å². The predicted molar refractivity (Wildman–Crippen MR) is 80.5 cm³/mol. The van der Waals surface area contributed by atoms with Crippen molar-refractivity contribution in [3.8, 4) is 0 Å². The number of hydrogen-bond acceptors (Lipinski definition) is 0. The Morgan fingerprint density at radius 2 is 1.89 bits per heavy atom. The molecule has 0 saturated carbocycles. The number of halogens is 2. The zero-order valence-electron chi connectivity index (χ0n) is 10.0.